The third kappa shape index (κ3) is 6.48. The Kier molecular flexibility index (Phi) is 8.17. The van der Waals surface area contributed by atoms with Gasteiger partial charge in [0.05, 0.1) is 10.0 Å². The molecule has 1 atom stereocenters. The van der Waals surface area contributed by atoms with Crippen molar-refractivity contribution in [2.24, 2.45) is 0 Å². The molecule has 7 heteroatoms. The van der Waals surface area contributed by atoms with Crippen LogP contribution < -0.4 is 14.2 Å². The van der Waals surface area contributed by atoms with Crippen LogP contribution in [0.4, 0.5) is 0 Å². The minimum absolute atomic E-state index is 0.126. The van der Waals surface area contributed by atoms with E-state index in [0.29, 0.717) is 21.5 Å². The molecular formula is C23H18Cl4O3. The van der Waals surface area contributed by atoms with Crippen molar-refractivity contribution in [1.29, 1.82) is 0 Å². The molecule has 0 aliphatic rings. The van der Waals surface area contributed by atoms with Crippen LogP contribution in [0.2, 0.25) is 10.0 Å². The summed E-state index contributed by atoms with van der Waals surface area (Å²) in [6.45, 7) is 2.11. The molecule has 3 aromatic carbocycles. The van der Waals surface area contributed by atoms with Gasteiger partial charge >= 0.3 is 0 Å². The van der Waals surface area contributed by atoms with Gasteiger partial charge in [0, 0.05) is 12.1 Å². The van der Waals surface area contributed by atoms with Crippen molar-refractivity contribution in [2.75, 3.05) is 6.61 Å². The van der Waals surface area contributed by atoms with Gasteiger partial charge in [-0.25, -0.2) is 0 Å². The molecule has 0 aliphatic carbocycles. The van der Waals surface area contributed by atoms with Gasteiger partial charge in [-0.05, 0) is 42.8 Å². The molecule has 0 radical (unpaired) electrons. The first kappa shape index (κ1) is 22.6. The van der Waals surface area contributed by atoms with Crippen LogP contribution >= 0.6 is 46.4 Å². The van der Waals surface area contributed by atoms with E-state index in [2.05, 4.69) is 0 Å². The lowest BCUT2D eigenvalue weighted by Gasteiger charge is -2.18. The zero-order valence-corrected chi connectivity index (χ0v) is 19.0. The summed E-state index contributed by atoms with van der Waals surface area (Å²) in [5.74, 6) is 2.38. The summed E-state index contributed by atoms with van der Waals surface area (Å²) in [5, 5.41) is 0.684. The maximum Gasteiger partial charge on any atom is 0.157 e. The third-order valence-electron chi connectivity index (χ3n) is 4.08. The van der Waals surface area contributed by atoms with Gasteiger partial charge < -0.3 is 14.2 Å². The molecule has 0 heterocycles. The van der Waals surface area contributed by atoms with E-state index in [1.165, 1.54) is 6.08 Å². The zero-order valence-electron chi connectivity index (χ0n) is 15.9. The van der Waals surface area contributed by atoms with Crippen LogP contribution in [0.3, 0.4) is 0 Å². The molecule has 0 aliphatic heterocycles. The molecule has 1 unspecified atom stereocenters. The Morgan fingerprint density at radius 1 is 0.867 bits per heavy atom. The van der Waals surface area contributed by atoms with Crippen LogP contribution in [0.5, 0.6) is 23.0 Å². The number of hydrogen-bond donors (Lipinski definition) is 0. The summed E-state index contributed by atoms with van der Waals surface area (Å²) in [7, 11) is 0. The average molecular weight is 484 g/mol. The van der Waals surface area contributed by atoms with Crippen LogP contribution in [-0.4, -0.2) is 6.61 Å². The highest BCUT2D eigenvalue weighted by Gasteiger charge is 2.15. The molecule has 0 saturated carbocycles. The minimum Gasteiger partial charge on any atom is -0.489 e. The number of rotatable bonds is 8. The monoisotopic (exact) mass is 482 g/mol. The largest absolute Gasteiger partial charge is 0.489 e. The SMILES string of the molecule is CC(Oc1c(Cl)cc(OCC=C(Cl)Cl)cc1Cl)c1ccc(Oc2ccccc2)cc1. The van der Waals surface area contributed by atoms with Crippen molar-refractivity contribution in [1.82, 2.24) is 0 Å². The van der Waals surface area contributed by atoms with E-state index in [1.54, 1.807) is 12.1 Å². The highest BCUT2D eigenvalue weighted by Crippen LogP contribution is 2.39. The molecule has 0 fully saturated rings. The van der Waals surface area contributed by atoms with Crippen LogP contribution in [0.25, 0.3) is 0 Å². The van der Waals surface area contributed by atoms with Gasteiger partial charge in [0.1, 0.15) is 34.5 Å². The summed E-state index contributed by atoms with van der Waals surface area (Å²) in [4.78, 5) is 0. The van der Waals surface area contributed by atoms with Crippen molar-refractivity contribution in [3.63, 3.8) is 0 Å². The van der Waals surface area contributed by atoms with E-state index in [1.807, 2.05) is 61.5 Å². The van der Waals surface area contributed by atoms with Gasteiger partial charge in [0.15, 0.2) is 5.75 Å². The smallest absolute Gasteiger partial charge is 0.157 e. The van der Waals surface area contributed by atoms with Gasteiger partial charge in [-0.3, -0.25) is 0 Å². The summed E-state index contributed by atoms with van der Waals surface area (Å²) in [6.07, 6.45) is 1.23. The predicted octanol–water partition coefficient (Wildman–Crippen LogP) is 8.62. The average Bonchev–Trinajstić information content (AvgIpc) is 2.71. The standard InChI is InChI=1S/C23H18Cl4O3/c1-15(16-7-9-18(10-8-16)30-17-5-3-2-4-6-17)29-23-20(24)13-19(14-21(23)25)28-12-11-22(26)27/h2-11,13-15H,12H2,1H3. The van der Waals surface area contributed by atoms with Crippen molar-refractivity contribution in [2.45, 2.75) is 13.0 Å². The van der Waals surface area contributed by atoms with Gasteiger partial charge in [-0.15, -0.1) is 0 Å². The zero-order chi connectivity index (χ0) is 21.5. The van der Waals surface area contributed by atoms with E-state index >= 15 is 0 Å². The first-order valence-corrected chi connectivity index (χ1v) is 10.6. The van der Waals surface area contributed by atoms with E-state index in [-0.39, 0.29) is 17.2 Å². The Labute approximate surface area is 195 Å². The molecule has 3 nitrogen and oxygen atoms in total. The summed E-state index contributed by atoms with van der Waals surface area (Å²) >= 11 is 23.8. The third-order valence-corrected chi connectivity index (χ3v) is 4.95. The lowest BCUT2D eigenvalue weighted by atomic mass is 10.1. The van der Waals surface area contributed by atoms with Crippen LogP contribution in [0.1, 0.15) is 18.6 Å². The fourth-order valence-corrected chi connectivity index (χ4v) is 3.29. The minimum atomic E-state index is -0.282. The fourth-order valence-electron chi connectivity index (χ4n) is 2.61. The maximum atomic E-state index is 6.35. The Balaban J connectivity index is 1.66. The predicted molar refractivity (Wildman–Crippen MR) is 124 cm³/mol. The number of hydrogen-bond acceptors (Lipinski definition) is 3. The number of benzene rings is 3. The second-order valence-corrected chi connectivity index (χ2v) is 8.09. The van der Waals surface area contributed by atoms with Crippen molar-refractivity contribution in [3.8, 4) is 23.0 Å². The van der Waals surface area contributed by atoms with Gasteiger partial charge in [0.25, 0.3) is 0 Å². The molecule has 30 heavy (non-hydrogen) atoms. The summed E-state index contributed by atoms with van der Waals surface area (Å²) < 4.78 is 17.4. The van der Waals surface area contributed by atoms with Gasteiger partial charge in [-0.1, -0.05) is 76.7 Å². The van der Waals surface area contributed by atoms with Crippen molar-refractivity contribution in [3.05, 3.63) is 92.9 Å². The fraction of sp³-hybridized carbons (Fsp3) is 0.130. The quantitative estimate of drug-likeness (QED) is 0.321. The molecule has 0 aromatic heterocycles. The molecule has 0 bridgehead atoms. The number of ether oxygens (including phenoxy) is 3. The Morgan fingerprint density at radius 2 is 1.47 bits per heavy atom. The molecule has 0 saturated heterocycles. The highest BCUT2D eigenvalue weighted by atomic mass is 35.5. The lowest BCUT2D eigenvalue weighted by Crippen LogP contribution is -2.04. The highest BCUT2D eigenvalue weighted by molar-refractivity contribution is 6.55. The van der Waals surface area contributed by atoms with Gasteiger partial charge in [-0.2, -0.15) is 0 Å². The van der Waals surface area contributed by atoms with E-state index in [9.17, 15) is 0 Å². The molecule has 0 N–H and O–H groups in total. The number of para-hydroxylation sites is 1. The second-order valence-electron chi connectivity index (χ2n) is 6.27. The first-order chi connectivity index (χ1) is 14.4. The molecule has 0 spiro atoms. The van der Waals surface area contributed by atoms with E-state index in [0.717, 1.165) is 17.1 Å². The van der Waals surface area contributed by atoms with Crippen molar-refractivity contribution >= 4 is 46.4 Å². The molecule has 0 amide bonds. The topological polar surface area (TPSA) is 27.7 Å². The lowest BCUT2D eigenvalue weighted by molar-refractivity contribution is 0.227. The Hall–Kier alpha value is -2.04. The molecule has 3 rings (SSSR count). The normalized spacial score (nSPS) is 11.5. The summed E-state index contributed by atoms with van der Waals surface area (Å²) in [6, 6.07) is 20.5. The Morgan fingerprint density at radius 3 is 2.07 bits per heavy atom. The van der Waals surface area contributed by atoms with Gasteiger partial charge in [0.2, 0.25) is 0 Å². The van der Waals surface area contributed by atoms with Crippen LogP contribution in [0, 0.1) is 0 Å². The van der Waals surface area contributed by atoms with Crippen LogP contribution in [0.15, 0.2) is 77.3 Å². The molecule has 3 aromatic rings. The Bertz CT molecular complexity index is 978. The second kappa shape index (κ2) is 10.8. The molecule has 156 valence electrons. The summed E-state index contributed by atoms with van der Waals surface area (Å²) in [5.41, 5.74) is 0.949. The van der Waals surface area contributed by atoms with E-state index < -0.39 is 0 Å². The van der Waals surface area contributed by atoms with Crippen LogP contribution in [-0.2, 0) is 0 Å². The number of halogens is 4. The van der Waals surface area contributed by atoms with E-state index in [4.69, 9.17) is 60.6 Å². The molecular weight excluding hydrogens is 466 g/mol. The van der Waals surface area contributed by atoms with Crippen molar-refractivity contribution < 1.29 is 14.2 Å². The first-order valence-electron chi connectivity index (χ1n) is 9.05. The maximum absolute atomic E-state index is 6.35.